The predicted octanol–water partition coefficient (Wildman–Crippen LogP) is 4.17. The van der Waals surface area contributed by atoms with Crippen LogP contribution in [0.15, 0.2) is 64.5 Å². The molecule has 0 spiro atoms. The minimum absolute atomic E-state index is 0.0625. The van der Waals surface area contributed by atoms with Gasteiger partial charge in [-0.05, 0) is 37.1 Å². The molecule has 1 heterocycles. The van der Waals surface area contributed by atoms with Crippen LogP contribution in [-0.4, -0.2) is 20.7 Å². The first kappa shape index (κ1) is 19.2. The van der Waals surface area contributed by atoms with Crippen molar-refractivity contribution in [3.63, 3.8) is 0 Å². The van der Waals surface area contributed by atoms with Crippen molar-refractivity contribution in [2.75, 3.05) is 5.32 Å². The van der Waals surface area contributed by atoms with E-state index < -0.39 is 5.25 Å². The summed E-state index contributed by atoms with van der Waals surface area (Å²) in [6, 6.07) is 16.7. The van der Waals surface area contributed by atoms with E-state index in [0.29, 0.717) is 28.5 Å². The molecule has 0 aliphatic heterocycles. The van der Waals surface area contributed by atoms with Gasteiger partial charge in [0.2, 0.25) is 5.91 Å². The summed E-state index contributed by atoms with van der Waals surface area (Å²) in [7, 11) is 0. The molecule has 1 N–H and O–H groups in total. The molecule has 3 aromatic rings. The van der Waals surface area contributed by atoms with Crippen LogP contribution in [0.5, 0.6) is 0 Å². The first-order chi connectivity index (χ1) is 13.0. The molecule has 0 aliphatic rings. The molecular formula is C21H23N3O2S. The van der Waals surface area contributed by atoms with Crippen LogP contribution < -0.4 is 10.9 Å². The third-order valence-corrected chi connectivity index (χ3v) is 5.16. The summed E-state index contributed by atoms with van der Waals surface area (Å²) in [4.78, 5) is 30.2. The van der Waals surface area contributed by atoms with Crippen LogP contribution in [-0.2, 0) is 11.3 Å². The van der Waals surface area contributed by atoms with Crippen LogP contribution in [0.4, 0.5) is 5.69 Å². The highest BCUT2D eigenvalue weighted by Crippen LogP contribution is 2.24. The summed E-state index contributed by atoms with van der Waals surface area (Å²) in [6.07, 6.45) is 0. The van der Waals surface area contributed by atoms with E-state index in [4.69, 9.17) is 0 Å². The zero-order valence-electron chi connectivity index (χ0n) is 15.7. The zero-order valence-corrected chi connectivity index (χ0v) is 16.5. The maximum absolute atomic E-state index is 12.9. The van der Waals surface area contributed by atoms with Crippen molar-refractivity contribution in [2.24, 2.45) is 5.92 Å². The van der Waals surface area contributed by atoms with E-state index in [9.17, 15) is 9.59 Å². The minimum Gasteiger partial charge on any atom is -0.325 e. The van der Waals surface area contributed by atoms with Crippen LogP contribution in [0.2, 0.25) is 0 Å². The highest BCUT2D eigenvalue weighted by Gasteiger charge is 2.20. The standard InChI is InChI=1S/C21H23N3O2S/c1-14(2)13-24-20(26)17-11-7-8-12-18(17)23-21(24)27-15(3)19(25)22-16-9-5-4-6-10-16/h4-12,14-15H,13H2,1-3H3,(H,22,25)/t15-/m1/s1. The van der Waals surface area contributed by atoms with E-state index in [2.05, 4.69) is 24.1 Å². The lowest BCUT2D eigenvalue weighted by Crippen LogP contribution is -2.28. The Morgan fingerprint density at radius 2 is 1.74 bits per heavy atom. The molecule has 6 heteroatoms. The first-order valence-electron chi connectivity index (χ1n) is 8.98. The first-order valence-corrected chi connectivity index (χ1v) is 9.86. The summed E-state index contributed by atoms with van der Waals surface area (Å²) in [5.74, 6) is 0.170. The number of amides is 1. The van der Waals surface area contributed by atoms with E-state index in [1.807, 2.05) is 55.5 Å². The molecule has 140 valence electrons. The number of rotatable bonds is 6. The van der Waals surface area contributed by atoms with Crippen molar-refractivity contribution in [1.82, 2.24) is 9.55 Å². The zero-order chi connectivity index (χ0) is 19.4. The number of carbonyl (C=O) groups excluding carboxylic acids is 1. The molecule has 3 rings (SSSR count). The predicted molar refractivity (Wildman–Crippen MR) is 111 cm³/mol. The summed E-state index contributed by atoms with van der Waals surface area (Å²) in [5.41, 5.74) is 1.34. The van der Waals surface area contributed by atoms with Crippen molar-refractivity contribution in [2.45, 2.75) is 37.7 Å². The lowest BCUT2D eigenvalue weighted by molar-refractivity contribution is -0.115. The number of nitrogens with zero attached hydrogens (tertiary/aromatic N) is 2. The van der Waals surface area contributed by atoms with E-state index >= 15 is 0 Å². The average molecular weight is 382 g/mol. The number of carbonyl (C=O) groups is 1. The molecule has 1 amide bonds. The second-order valence-corrected chi connectivity index (χ2v) is 8.14. The molecule has 27 heavy (non-hydrogen) atoms. The van der Waals surface area contributed by atoms with E-state index in [1.165, 1.54) is 11.8 Å². The molecule has 5 nitrogen and oxygen atoms in total. The third-order valence-electron chi connectivity index (χ3n) is 4.07. The Kier molecular flexibility index (Phi) is 5.96. The fourth-order valence-electron chi connectivity index (χ4n) is 2.74. The van der Waals surface area contributed by atoms with Gasteiger partial charge in [0.25, 0.3) is 5.56 Å². The van der Waals surface area contributed by atoms with Gasteiger partial charge in [-0.25, -0.2) is 4.98 Å². The van der Waals surface area contributed by atoms with E-state index in [-0.39, 0.29) is 11.5 Å². The van der Waals surface area contributed by atoms with E-state index in [0.717, 1.165) is 5.69 Å². The molecule has 0 radical (unpaired) electrons. The number of fused-ring (bicyclic) bond motifs is 1. The van der Waals surface area contributed by atoms with Crippen molar-refractivity contribution in [3.05, 3.63) is 65.0 Å². The topological polar surface area (TPSA) is 64.0 Å². The molecule has 0 fully saturated rings. The SMILES string of the molecule is CC(C)Cn1c(S[C@H](C)C(=O)Nc2ccccc2)nc2ccccc2c1=O. The largest absolute Gasteiger partial charge is 0.325 e. The van der Waals surface area contributed by atoms with E-state index in [1.54, 1.807) is 10.6 Å². The summed E-state index contributed by atoms with van der Waals surface area (Å²) >= 11 is 1.31. The number of para-hydroxylation sites is 2. The Morgan fingerprint density at radius 1 is 1.07 bits per heavy atom. The number of hydrogen-bond acceptors (Lipinski definition) is 4. The summed E-state index contributed by atoms with van der Waals surface area (Å²) in [5, 5.41) is 3.68. The summed E-state index contributed by atoms with van der Waals surface area (Å²) in [6.45, 7) is 6.50. The second-order valence-electron chi connectivity index (χ2n) is 6.84. The highest BCUT2D eigenvalue weighted by atomic mass is 32.2. The smallest absolute Gasteiger partial charge is 0.262 e. The molecule has 0 unspecified atom stereocenters. The quantitative estimate of drug-likeness (QED) is 0.514. The van der Waals surface area contributed by atoms with Gasteiger partial charge in [-0.3, -0.25) is 14.2 Å². The minimum atomic E-state index is -0.392. The lowest BCUT2D eigenvalue weighted by Gasteiger charge is -2.17. The highest BCUT2D eigenvalue weighted by molar-refractivity contribution is 8.00. The monoisotopic (exact) mass is 381 g/mol. The summed E-state index contributed by atoms with van der Waals surface area (Å²) < 4.78 is 1.68. The molecule has 0 saturated heterocycles. The van der Waals surface area contributed by atoms with Crippen LogP contribution in [0.25, 0.3) is 10.9 Å². The molecule has 1 atom stereocenters. The van der Waals surface area contributed by atoms with Gasteiger partial charge in [0.1, 0.15) is 0 Å². The second kappa shape index (κ2) is 8.39. The molecule has 0 bridgehead atoms. The molecule has 1 aromatic heterocycles. The Morgan fingerprint density at radius 3 is 2.44 bits per heavy atom. The van der Waals surface area contributed by atoms with Crippen molar-refractivity contribution < 1.29 is 4.79 Å². The number of anilines is 1. The van der Waals surface area contributed by atoms with Gasteiger partial charge >= 0.3 is 0 Å². The Labute approximate surface area is 162 Å². The Bertz CT molecular complexity index is 999. The van der Waals surface area contributed by atoms with Gasteiger partial charge < -0.3 is 5.32 Å². The van der Waals surface area contributed by atoms with Crippen molar-refractivity contribution in [1.29, 1.82) is 0 Å². The average Bonchev–Trinajstić information content (AvgIpc) is 2.65. The molecular weight excluding hydrogens is 358 g/mol. The third kappa shape index (κ3) is 4.57. The van der Waals surface area contributed by atoms with Crippen LogP contribution in [0, 0.1) is 5.92 Å². The van der Waals surface area contributed by atoms with Crippen LogP contribution in [0.3, 0.4) is 0 Å². The van der Waals surface area contributed by atoms with Crippen LogP contribution in [0.1, 0.15) is 20.8 Å². The molecule has 2 aromatic carbocycles. The van der Waals surface area contributed by atoms with Crippen molar-refractivity contribution >= 4 is 34.3 Å². The number of aromatic nitrogens is 2. The van der Waals surface area contributed by atoms with Gasteiger partial charge in [0.15, 0.2) is 5.16 Å². The maximum Gasteiger partial charge on any atom is 0.262 e. The van der Waals surface area contributed by atoms with Gasteiger partial charge in [0.05, 0.1) is 16.2 Å². The fraction of sp³-hybridized carbons (Fsp3) is 0.286. The Hall–Kier alpha value is -2.60. The normalized spacial score (nSPS) is 12.3. The van der Waals surface area contributed by atoms with Crippen LogP contribution >= 0.6 is 11.8 Å². The number of hydrogen-bond donors (Lipinski definition) is 1. The fourth-order valence-corrected chi connectivity index (χ4v) is 3.66. The van der Waals surface area contributed by atoms with Gasteiger partial charge in [-0.2, -0.15) is 0 Å². The number of benzene rings is 2. The molecule has 0 saturated carbocycles. The van der Waals surface area contributed by atoms with Crippen molar-refractivity contribution in [3.8, 4) is 0 Å². The lowest BCUT2D eigenvalue weighted by atomic mass is 10.2. The Balaban J connectivity index is 1.90. The maximum atomic E-state index is 12.9. The number of thioether (sulfide) groups is 1. The number of nitrogens with one attached hydrogen (secondary N) is 1. The van der Waals surface area contributed by atoms with Gasteiger partial charge in [-0.1, -0.05) is 55.9 Å². The molecule has 0 aliphatic carbocycles. The van der Waals surface area contributed by atoms with Gasteiger partial charge in [-0.15, -0.1) is 0 Å². The van der Waals surface area contributed by atoms with Gasteiger partial charge in [0, 0.05) is 12.2 Å².